The fraction of sp³-hybridized carbons (Fsp3) is 0.357. The Hall–Kier alpha value is -1.52. The second-order valence-corrected chi connectivity index (χ2v) is 5.33. The van der Waals surface area contributed by atoms with Gasteiger partial charge in [-0.1, -0.05) is 11.6 Å². The van der Waals surface area contributed by atoms with Crippen LogP contribution in [0.1, 0.15) is 30.6 Å². The summed E-state index contributed by atoms with van der Waals surface area (Å²) in [5, 5.41) is 4.17. The standard InChI is InChI=1S/C14H17ClN4/c15-10-1-3-11(4-2-10)18-13(7-16)14-8-17-9-19(14)12-5-6-12/h1-4,8-9,12-13,18H,5-7,16H2. The normalized spacial score (nSPS) is 16.3. The molecule has 3 N–H and O–H groups in total. The third-order valence-electron chi connectivity index (χ3n) is 3.41. The van der Waals surface area contributed by atoms with Gasteiger partial charge in [0.1, 0.15) is 0 Å². The van der Waals surface area contributed by atoms with Crippen LogP contribution in [0.4, 0.5) is 5.69 Å². The molecule has 1 heterocycles. The van der Waals surface area contributed by atoms with E-state index in [-0.39, 0.29) is 6.04 Å². The first-order valence-electron chi connectivity index (χ1n) is 6.52. The molecule has 0 amide bonds. The zero-order valence-corrected chi connectivity index (χ0v) is 11.3. The molecular weight excluding hydrogens is 260 g/mol. The third kappa shape index (κ3) is 2.74. The van der Waals surface area contributed by atoms with E-state index in [1.54, 1.807) is 0 Å². The van der Waals surface area contributed by atoms with Crippen LogP contribution in [0.3, 0.4) is 0 Å². The molecule has 1 unspecified atom stereocenters. The van der Waals surface area contributed by atoms with E-state index in [1.807, 2.05) is 36.8 Å². The molecule has 100 valence electrons. The number of halogens is 1. The first-order valence-corrected chi connectivity index (χ1v) is 6.89. The molecule has 19 heavy (non-hydrogen) atoms. The van der Waals surface area contributed by atoms with Gasteiger partial charge in [0.15, 0.2) is 0 Å². The van der Waals surface area contributed by atoms with Gasteiger partial charge in [-0.2, -0.15) is 0 Å². The first-order chi connectivity index (χ1) is 9.28. The van der Waals surface area contributed by atoms with Crippen LogP contribution in [0.5, 0.6) is 0 Å². The maximum atomic E-state index is 5.90. The highest BCUT2D eigenvalue weighted by molar-refractivity contribution is 6.30. The van der Waals surface area contributed by atoms with E-state index < -0.39 is 0 Å². The van der Waals surface area contributed by atoms with Crippen LogP contribution in [0.2, 0.25) is 5.02 Å². The van der Waals surface area contributed by atoms with Crippen LogP contribution >= 0.6 is 11.6 Å². The predicted octanol–water partition coefficient (Wildman–Crippen LogP) is 2.98. The lowest BCUT2D eigenvalue weighted by Gasteiger charge is -2.20. The van der Waals surface area contributed by atoms with Gasteiger partial charge in [0.05, 0.1) is 24.3 Å². The number of hydrogen-bond donors (Lipinski definition) is 2. The van der Waals surface area contributed by atoms with E-state index >= 15 is 0 Å². The number of benzene rings is 1. The van der Waals surface area contributed by atoms with Gasteiger partial charge in [-0.3, -0.25) is 0 Å². The highest BCUT2D eigenvalue weighted by Crippen LogP contribution is 2.37. The molecule has 0 bridgehead atoms. The SMILES string of the molecule is NCC(Nc1ccc(Cl)cc1)c1cncn1C1CC1. The van der Waals surface area contributed by atoms with Gasteiger partial charge in [0.2, 0.25) is 0 Å². The number of rotatable bonds is 5. The predicted molar refractivity (Wildman–Crippen MR) is 77.4 cm³/mol. The molecule has 0 aliphatic heterocycles. The van der Waals surface area contributed by atoms with Crippen LogP contribution in [0.15, 0.2) is 36.8 Å². The van der Waals surface area contributed by atoms with E-state index in [0.717, 1.165) is 16.4 Å². The molecule has 1 fully saturated rings. The average molecular weight is 277 g/mol. The molecule has 3 rings (SSSR count). The number of nitrogens with zero attached hydrogens (tertiary/aromatic N) is 2. The third-order valence-corrected chi connectivity index (χ3v) is 3.67. The van der Waals surface area contributed by atoms with Crippen LogP contribution in [-0.4, -0.2) is 16.1 Å². The van der Waals surface area contributed by atoms with Crippen LogP contribution < -0.4 is 11.1 Å². The lowest BCUT2D eigenvalue weighted by molar-refractivity contribution is 0.642. The second-order valence-electron chi connectivity index (χ2n) is 4.90. The highest BCUT2D eigenvalue weighted by Gasteiger charge is 2.27. The maximum absolute atomic E-state index is 5.90. The van der Waals surface area contributed by atoms with Crippen LogP contribution in [0.25, 0.3) is 0 Å². The van der Waals surface area contributed by atoms with Crippen molar-refractivity contribution in [3.63, 3.8) is 0 Å². The Morgan fingerprint density at radius 1 is 1.37 bits per heavy atom. The Labute approximate surface area is 117 Å². The van der Waals surface area contributed by atoms with Gasteiger partial charge in [-0.15, -0.1) is 0 Å². The zero-order chi connectivity index (χ0) is 13.2. The quantitative estimate of drug-likeness (QED) is 0.883. The van der Waals surface area contributed by atoms with E-state index in [0.29, 0.717) is 12.6 Å². The molecule has 1 aromatic carbocycles. The van der Waals surface area contributed by atoms with Crippen molar-refractivity contribution >= 4 is 17.3 Å². The van der Waals surface area contributed by atoms with E-state index in [1.165, 1.54) is 12.8 Å². The summed E-state index contributed by atoms with van der Waals surface area (Å²) in [5.74, 6) is 0. The van der Waals surface area contributed by atoms with Crippen molar-refractivity contribution in [1.29, 1.82) is 0 Å². The molecule has 1 aliphatic rings. The average Bonchev–Trinajstić information content (AvgIpc) is 3.16. The zero-order valence-electron chi connectivity index (χ0n) is 10.6. The lowest BCUT2D eigenvalue weighted by atomic mass is 10.2. The summed E-state index contributed by atoms with van der Waals surface area (Å²) in [5.41, 5.74) is 8.07. The summed E-state index contributed by atoms with van der Waals surface area (Å²) >= 11 is 5.89. The molecule has 1 saturated carbocycles. The summed E-state index contributed by atoms with van der Waals surface area (Å²) < 4.78 is 2.24. The largest absolute Gasteiger partial charge is 0.375 e. The molecule has 0 spiro atoms. The van der Waals surface area contributed by atoms with Crippen molar-refractivity contribution in [2.75, 3.05) is 11.9 Å². The Bertz CT molecular complexity index is 545. The topological polar surface area (TPSA) is 55.9 Å². The molecule has 4 nitrogen and oxygen atoms in total. The smallest absolute Gasteiger partial charge is 0.0951 e. The van der Waals surface area contributed by atoms with E-state index in [4.69, 9.17) is 17.3 Å². The molecule has 0 radical (unpaired) electrons. The number of nitrogens with two attached hydrogens (primary N) is 1. The van der Waals surface area contributed by atoms with Crippen molar-refractivity contribution in [1.82, 2.24) is 9.55 Å². The minimum absolute atomic E-state index is 0.0734. The number of nitrogens with one attached hydrogen (secondary N) is 1. The van der Waals surface area contributed by atoms with Gasteiger partial charge in [0.25, 0.3) is 0 Å². The number of imidazole rings is 1. The van der Waals surface area contributed by atoms with E-state index in [9.17, 15) is 0 Å². The first kappa shape index (κ1) is 12.5. The second kappa shape index (κ2) is 5.23. The van der Waals surface area contributed by atoms with Crippen molar-refractivity contribution in [2.24, 2.45) is 5.73 Å². The maximum Gasteiger partial charge on any atom is 0.0951 e. The van der Waals surface area contributed by atoms with Crippen molar-refractivity contribution in [3.8, 4) is 0 Å². The lowest BCUT2D eigenvalue weighted by Crippen LogP contribution is -2.23. The molecule has 0 saturated heterocycles. The summed E-state index contributed by atoms with van der Waals surface area (Å²) in [6.45, 7) is 0.529. The molecule has 5 heteroatoms. The minimum Gasteiger partial charge on any atom is -0.375 e. The number of aromatic nitrogens is 2. The number of hydrogen-bond acceptors (Lipinski definition) is 3. The molecule has 1 atom stereocenters. The summed E-state index contributed by atoms with van der Waals surface area (Å²) in [6, 6.07) is 8.35. The van der Waals surface area contributed by atoms with Crippen LogP contribution in [0, 0.1) is 0 Å². The number of anilines is 1. The highest BCUT2D eigenvalue weighted by atomic mass is 35.5. The summed E-state index contributed by atoms with van der Waals surface area (Å²) in [6.07, 6.45) is 6.28. The Morgan fingerprint density at radius 3 is 2.74 bits per heavy atom. The van der Waals surface area contributed by atoms with Gasteiger partial charge in [-0.05, 0) is 37.1 Å². The minimum atomic E-state index is 0.0734. The van der Waals surface area contributed by atoms with Gasteiger partial charge in [0, 0.05) is 23.3 Å². The fourth-order valence-corrected chi connectivity index (χ4v) is 2.37. The monoisotopic (exact) mass is 276 g/mol. The Balaban J connectivity index is 1.80. The Kier molecular flexibility index (Phi) is 3.44. The van der Waals surface area contributed by atoms with Crippen LogP contribution in [-0.2, 0) is 0 Å². The van der Waals surface area contributed by atoms with Crippen molar-refractivity contribution in [3.05, 3.63) is 47.5 Å². The van der Waals surface area contributed by atoms with E-state index in [2.05, 4.69) is 14.9 Å². The van der Waals surface area contributed by atoms with Gasteiger partial charge < -0.3 is 15.6 Å². The fourth-order valence-electron chi connectivity index (χ4n) is 2.24. The van der Waals surface area contributed by atoms with Crippen molar-refractivity contribution < 1.29 is 0 Å². The van der Waals surface area contributed by atoms with Gasteiger partial charge >= 0.3 is 0 Å². The molecule has 2 aromatic rings. The molecule has 1 aromatic heterocycles. The molecule has 1 aliphatic carbocycles. The van der Waals surface area contributed by atoms with Crippen molar-refractivity contribution in [2.45, 2.75) is 24.9 Å². The molecular formula is C14H17ClN4. The summed E-state index contributed by atoms with van der Waals surface area (Å²) in [7, 11) is 0. The summed E-state index contributed by atoms with van der Waals surface area (Å²) in [4.78, 5) is 4.25. The van der Waals surface area contributed by atoms with Gasteiger partial charge in [-0.25, -0.2) is 4.98 Å². The Morgan fingerprint density at radius 2 is 2.11 bits per heavy atom.